The number of benzene rings is 2. The summed E-state index contributed by atoms with van der Waals surface area (Å²) >= 11 is 0. The summed E-state index contributed by atoms with van der Waals surface area (Å²) in [5.41, 5.74) is 2.69. The minimum Gasteiger partial charge on any atom is -0.212 e. The average Bonchev–Trinajstić information content (AvgIpc) is 2.68. The molecule has 1 aliphatic rings. The summed E-state index contributed by atoms with van der Waals surface area (Å²) in [6.07, 6.45) is 4.28. The molecular formula is C22H27NO2S. The van der Waals surface area contributed by atoms with Gasteiger partial charge in [0.15, 0.2) is 0 Å². The second-order valence-electron chi connectivity index (χ2n) is 7.01. The normalized spacial score (nSPS) is 17.7. The van der Waals surface area contributed by atoms with Crippen molar-refractivity contribution in [2.75, 3.05) is 18.8 Å². The van der Waals surface area contributed by atoms with Gasteiger partial charge in [-0.2, -0.15) is 0 Å². The maximum atomic E-state index is 12.3. The summed E-state index contributed by atoms with van der Waals surface area (Å²) in [7, 11) is -3.19. The first-order valence-electron chi connectivity index (χ1n) is 9.28. The fraction of sp³-hybridized carbons (Fsp3) is 0.364. The first kappa shape index (κ1) is 18.9. The van der Waals surface area contributed by atoms with Gasteiger partial charge in [-0.3, -0.25) is 0 Å². The number of nitrogens with zero attached hydrogens (tertiary/aromatic N) is 1. The Bertz CT molecular complexity index is 795. The average molecular weight is 370 g/mol. The van der Waals surface area contributed by atoms with Gasteiger partial charge in [0.05, 0.1) is 5.75 Å². The Hall–Kier alpha value is -1.91. The predicted octanol–water partition coefficient (Wildman–Crippen LogP) is 4.24. The lowest BCUT2D eigenvalue weighted by Crippen LogP contribution is -2.40. The first-order valence-corrected chi connectivity index (χ1v) is 10.9. The molecule has 2 aromatic rings. The van der Waals surface area contributed by atoms with Gasteiger partial charge in [-0.05, 0) is 42.2 Å². The molecule has 0 amide bonds. The zero-order chi connectivity index (χ0) is 18.4. The molecule has 0 saturated carbocycles. The summed E-state index contributed by atoms with van der Waals surface area (Å²) in [4.78, 5) is 0. The van der Waals surface area contributed by atoms with Crippen molar-refractivity contribution in [3.63, 3.8) is 0 Å². The topological polar surface area (TPSA) is 37.4 Å². The Kier molecular flexibility index (Phi) is 6.28. The summed E-state index contributed by atoms with van der Waals surface area (Å²) in [6.45, 7) is 4.78. The van der Waals surface area contributed by atoms with E-state index in [1.165, 1.54) is 17.2 Å². The molecule has 26 heavy (non-hydrogen) atoms. The molecule has 0 aliphatic carbocycles. The first-order chi connectivity index (χ1) is 12.6. The van der Waals surface area contributed by atoms with Crippen molar-refractivity contribution in [2.45, 2.75) is 25.2 Å². The van der Waals surface area contributed by atoms with Crippen molar-refractivity contribution >= 4 is 10.0 Å². The lowest BCUT2D eigenvalue weighted by molar-refractivity contribution is 0.243. The molecule has 0 N–H and O–H groups in total. The Balaban J connectivity index is 1.75. The molecule has 2 aromatic carbocycles. The van der Waals surface area contributed by atoms with Crippen molar-refractivity contribution < 1.29 is 8.42 Å². The van der Waals surface area contributed by atoms with Crippen LogP contribution in [0.2, 0.25) is 0 Å². The van der Waals surface area contributed by atoms with Crippen LogP contribution in [-0.4, -0.2) is 31.6 Å². The smallest absolute Gasteiger partial charge is 0.212 e. The standard InChI is InChI=1S/C22H27NO2S/c1-2-17-26(24,25)23-15-13-21(14-16-23)22(20-11-7-4-8-12-20)18-19-9-5-3-6-10-19/h2-12,21-22H,1,13-18H2. The molecule has 1 fully saturated rings. The van der Waals surface area contributed by atoms with Crippen LogP contribution < -0.4 is 0 Å². The molecule has 0 aromatic heterocycles. The van der Waals surface area contributed by atoms with Crippen LogP contribution in [0.5, 0.6) is 0 Å². The minimum atomic E-state index is -3.19. The van der Waals surface area contributed by atoms with Crippen LogP contribution in [0.15, 0.2) is 73.3 Å². The SMILES string of the molecule is C=CCS(=O)(=O)N1CCC(C(Cc2ccccc2)c2ccccc2)CC1. The fourth-order valence-electron chi connectivity index (χ4n) is 3.94. The second-order valence-corrected chi connectivity index (χ2v) is 9.02. The van der Waals surface area contributed by atoms with Gasteiger partial charge in [0.1, 0.15) is 0 Å². The molecule has 138 valence electrons. The van der Waals surface area contributed by atoms with E-state index in [0.717, 1.165) is 19.3 Å². The number of rotatable bonds is 7. The highest BCUT2D eigenvalue weighted by Gasteiger charge is 2.31. The maximum absolute atomic E-state index is 12.3. The van der Waals surface area contributed by atoms with Crippen molar-refractivity contribution in [3.8, 4) is 0 Å². The molecule has 1 aliphatic heterocycles. The van der Waals surface area contributed by atoms with Gasteiger partial charge in [-0.15, -0.1) is 6.58 Å². The Morgan fingerprint density at radius 3 is 2.15 bits per heavy atom. The van der Waals surface area contributed by atoms with Crippen molar-refractivity contribution in [3.05, 3.63) is 84.4 Å². The number of piperidine rings is 1. The van der Waals surface area contributed by atoms with Gasteiger partial charge in [0.2, 0.25) is 10.0 Å². The molecule has 1 saturated heterocycles. The van der Waals surface area contributed by atoms with E-state index in [1.807, 2.05) is 12.1 Å². The molecule has 3 nitrogen and oxygen atoms in total. The zero-order valence-corrected chi connectivity index (χ0v) is 15.9. The fourth-order valence-corrected chi connectivity index (χ4v) is 5.21. The van der Waals surface area contributed by atoms with Gasteiger partial charge in [-0.1, -0.05) is 66.7 Å². The third-order valence-corrected chi connectivity index (χ3v) is 7.12. The largest absolute Gasteiger partial charge is 0.217 e. The highest BCUT2D eigenvalue weighted by molar-refractivity contribution is 7.89. The van der Waals surface area contributed by atoms with Crippen molar-refractivity contribution in [1.29, 1.82) is 0 Å². The van der Waals surface area contributed by atoms with Crippen LogP contribution in [0, 0.1) is 5.92 Å². The third-order valence-electron chi connectivity index (χ3n) is 5.32. The molecule has 0 spiro atoms. The van der Waals surface area contributed by atoms with Gasteiger partial charge in [0.25, 0.3) is 0 Å². The monoisotopic (exact) mass is 369 g/mol. The number of hydrogen-bond acceptors (Lipinski definition) is 2. The van der Waals surface area contributed by atoms with Crippen LogP contribution in [-0.2, 0) is 16.4 Å². The van der Waals surface area contributed by atoms with Crippen LogP contribution in [0.3, 0.4) is 0 Å². The second kappa shape index (κ2) is 8.65. The summed E-state index contributed by atoms with van der Waals surface area (Å²) in [6, 6.07) is 21.2. The van der Waals surface area contributed by atoms with E-state index in [9.17, 15) is 8.42 Å². The molecule has 1 unspecified atom stereocenters. The molecular weight excluding hydrogens is 342 g/mol. The van der Waals surface area contributed by atoms with Gasteiger partial charge < -0.3 is 0 Å². The summed E-state index contributed by atoms with van der Waals surface area (Å²) < 4.78 is 26.2. The van der Waals surface area contributed by atoms with E-state index < -0.39 is 10.0 Å². The van der Waals surface area contributed by atoms with E-state index in [2.05, 4.69) is 55.1 Å². The van der Waals surface area contributed by atoms with E-state index in [1.54, 1.807) is 4.31 Å². The molecule has 1 atom stereocenters. The number of hydrogen-bond donors (Lipinski definition) is 0. The van der Waals surface area contributed by atoms with Gasteiger partial charge >= 0.3 is 0 Å². The molecule has 1 heterocycles. The minimum absolute atomic E-state index is 0.0315. The Morgan fingerprint density at radius 2 is 1.58 bits per heavy atom. The quantitative estimate of drug-likeness (QED) is 0.685. The summed E-state index contributed by atoms with van der Waals surface area (Å²) in [5.74, 6) is 0.944. The van der Waals surface area contributed by atoms with Crippen LogP contribution in [0.1, 0.15) is 29.9 Å². The molecule has 3 rings (SSSR count). The molecule has 0 radical (unpaired) electrons. The van der Waals surface area contributed by atoms with E-state index in [0.29, 0.717) is 24.9 Å². The highest BCUT2D eigenvalue weighted by atomic mass is 32.2. The lowest BCUT2D eigenvalue weighted by Gasteiger charge is -2.36. The highest BCUT2D eigenvalue weighted by Crippen LogP contribution is 2.36. The van der Waals surface area contributed by atoms with Crippen LogP contribution in [0.4, 0.5) is 0 Å². The van der Waals surface area contributed by atoms with Gasteiger partial charge in [0, 0.05) is 13.1 Å². The third kappa shape index (κ3) is 4.63. The molecule has 4 heteroatoms. The zero-order valence-electron chi connectivity index (χ0n) is 15.1. The van der Waals surface area contributed by atoms with Crippen LogP contribution in [0.25, 0.3) is 0 Å². The van der Waals surface area contributed by atoms with E-state index in [4.69, 9.17) is 0 Å². The summed E-state index contributed by atoms with van der Waals surface area (Å²) in [5, 5.41) is 0. The Morgan fingerprint density at radius 1 is 1.00 bits per heavy atom. The Labute approximate surface area is 157 Å². The predicted molar refractivity (Wildman–Crippen MR) is 108 cm³/mol. The van der Waals surface area contributed by atoms with Crippen LogP contribution >= 0.6 is 0 Å². The van der Waals surface area contributed by atoms with E-state index in [-0.39, 0.29) is 5.75 Å². The maximum Gasteiger partial charge on any atom is 0.217 e. The molecule has 0 bridgehead atoms. The van der Waals surface area contributed by atoms with Gasteiger partial charge in [-0.25, -0.2) is 12.7 Å². The van der Waals surface area contributed by atoms with Crippen molar-refractivity contribution in [2.24, 2.45) is 5.92 Å². The number of sulfonamides is 1. The lowest BCUT2D eigenvalue weighted by atomic mass is 9.77. The van der Waals surface area contributed by atoms with E-state index >= 15 is 0 Å². The van der Waals surface area contributed by atoms with Crippen molar-refractivity contribution in [1.82, 2.24) is 4.31 Å².